The van der Waals surface area contributed by atoms with E-state index in [2.05, 4.69) is 12.2 Å². The number of morpholine rings is 1. The summed E-state index contributed by atoms with van der Waals surface area (Å²) in [5.74, 6) is -0.0790. The molecule has 1 atom stereocenters. The van der Waals surface area contributed by atoms with Crippen molar-refractivity contribution in [2.75, 3.05) is 13.2 Å². The summed E-state index contributed by atoms with van der Waals surface area (Å²) in [6, 6.07) is -0.0382. The van der Waals surface area contributed by atoms with Gasteiger partial charge in [0.25, 0.3) is 0 Å². The Morgan fingerprint density at radius 1 is 1.73 bits per heavy atom. The van der Waals surface area contributed by atoms with Gasteiger partial charge in [-0.2, -0.15) is 0 Å². The van der Waals surface area contributed by atoms with Crippen LogP contribution < -0.4 is 5.32 Å². The Hall–Kier alpha value is -0.570. The van der Waals surface area contributed by atoms with Crippen LogP contribution in [0.2, 0.25) is 0 Å². The second-order valence-electron chi connectivity index (χ2n) is 2.82. The molecule has 0 aromatic heterocycles. The van der Waals surface area contributed by atoms with Gasteiger partial charge in [-0.25, -0.2) is 0 Å². The normalized spacial score (nSPS) is 24.8. The monoisotopic (exact) mass is 157 g/mol. The Morgan fingerprint density at radius 3 is 3.18 bits per heavy atom. The first kappa shape index (κ1) is 8.53. The predicted molar refractivity (Wildman–Crippen MR) is 42.3 cm³/mol. The van der Waals surface area contributed by atoms with Gasteiger partial charge >= 0.3 is 5.97 Å². The average Bonchev–Trinajstić information content (AvgIpc) is 2.03. The number of esters is 1. The van der Waals surface area contributed by atoms with Crippen LogP contribution in [0.4, 0.5) is 0 Å². The highest BCUT2D eigenvalue weighted by atomic mass is 16.5. The Labute approximate surface area is 67.1 Å². The van der Waals surface area contributed by atoms with Crippen molar-refractivity contribution < 1.29 is 9.53 Å². The fourth-order valence-corrected chi connectivity index (χ4v) is 1.20. The largest absolute Gasteiger partial charge is 0.463 e. The SMILES string of the molecule is CCCC[C@@H]1NCCOC1=O. The Kier molecular flexibility index (Phi) is 3.36. The number of unbranched alkanes of at least 4 members (excludes halogenated alkanes) is 1. The van der Waals surface area contributed by atoms with Gasteiger partial charge in [-0.15, -0.1) is 0 Å². The lowest BCUT2D eigenvalue weighted by Gasteiger charge is -2.21. The average molecular weight is 157 g/mol. The van der Waals surface area contributed by atoms with Crippen LogP contribution in [0.15, 0.2) is 0 Å². The molecular formula is C8H15NO2. The van der Waals surface area contributed by atoms with Gasteiger partial charge in [0.2, 0.25) is 0 Å². The molecule has 0 aliphatic carbocycles. The van der Waals surface area contributed by atoms with Gasteiger partial charge in [0.1, 0.15) is 12.6 Å². The lowest BCUT2D eigenvalue weighted by molar-refractivity contribution is -0.149. The summed E-state index contributed by atoms with van der Waals surface area (Å²) in [4.78, 5) is 11.0. The van der Waals surface area contributed by atoms with Crippen molar-refractivity contribution in [3.05, 3.63) is 0 Å². The van der Waals surface area contributed by atoms with Gasteiger partial charge in [-0.1, -0.05) is 19.8 Å². The van der Waals surface area contributed by atoms with Crippen molar-refractivity contribution in [2.24, 2.45) is 0 Å². The highest BCUT2D eigenvalue weighted by Crippen LogP contribution is 2.04. The third kappa shape index (κ3) is 2.50. The molecule has 11 heavy (non-hydrogen) atoms. The molecule has 1 N–H and O–H groups in total. The number of cyclic esters (lactones) is 1. The van der Waals surface area contributed by atoms with E-state index in [4.69, 9.17) is 4.74 Å². The molecule has 64 valence electrons. The molecule has 0 amide bonds. The molecular weight excluding hydrogens is 142 g/mol. The summed E-state index contributed by atoms with van der Waals surface area (Å²) in [7, 11) is 0. The van der Waals surface area contributed by atoms with E-state index < -0.39 is 0 Å². The fourth-order valence-electron chi connectivity index (χ4n) is 1.20. The van der Waals surface area contributed by atoms with Crippen LogP contribution in [-0.2, 0) is 9.53 Å². The van der Waals surface area contributed by atoms with Gasteiger partial charge in [0.15, 0.2) is 0 Å². The fraction of sp³-hybridized carbons (Fsp3) is 0.875. The van der Waals surface area contributed by atoms with E-state index in [-0.39, 0.29) is 12.0 Å². The topological polar surface area (TPSA) is 38.3 Å². The van der Waals surface area contributed by atoms with Crippen LogP contribution in [0.3, 0.4) is 0 Å². The van der Waals surface area contributed by atoms with E-state index in [1.807, 2.05) is 0 Å². The molecule has 0 radical (unpaired) electrons. The van der Waals surface area contributed by atoms with Crippen molar-refractivity contribution in [1.29, 1.82) is 0 Å². The van der Waals surface area contributed by atoms with Crippen molar-refractivity contribution >= 4 is 5.97 Å². The molecule has 1 saturated heterocycles. The molecule has 3 heteroatoms. The number of carbonyl (C=O) groups is 1. The van der Waals surface area contributed by atoms with E-state index in [0.717, 1.165) is 25.8 Å². The van der Waals surface area contributed by atoms with Crippen LogP contribution in [0, 0.1) is 0 Å². The van der Waals surface area contributed by atoms with Crippen LogP contribution in [0.5, 0.6) is 0 Å². The van der Waals surface area contributed by atoms with Gasteiger partial charge in [-0.3, -0.25) is 4.79 Å². The first-order valence-corrected chi connectivity index (χ1v) is 4.24. The molecule has 0 aromatic rings. The van der Waals surface area contributed by atoms with Crippen molar-refractivity contribution in [1.82, 2.24) is 5.32 Å². The Balaban J connectivity index is 2.24. The lowest BCUT2D eigenvalue weighted by atomic mass is 10.1. The maximum atomic E-state index is 11.0. The molecule has 1 aliphatic heterocycles. The summed E-state index contributed by atoms with van der Waals surface area (Å²) < 4.78 is 4.89. The van der Waals surface area contributed by atoms with Crippen molar-refractivity contribution in [3.63, 3.8) is 0 Å². The predicted octanol–water partition coefficient (Wildman–Crippen LogP) is 0.692. The summed E-state index contributed by atoms with van der Waals surface area (Å²) in [6.07, 6.45) is 3.13. The highest BCUT2D eigenvalue weighted by Gasteiger charge is 2.21. The number of nitrogens with one attached hydrogen (secondary N) is 1. The molecule has 1 heterocycles. The third-order valence-electron chi connectivity index (χ3n) is 1.87. The maximum Gasteiger partial charge on any atom is 0.323 e. The number of ether oxygens (including phenoxy) is 1. The first-order chi connectivity index (χ1) is 5.34. The third-order valence-corrected chi connectivity index (χ3v) is 1.87. The number of hydrogen-bond acceptors (Lipinski definition) is 3. The number of rotatable bonds is 3. The minimum absolute atomic E-state index is 0.0382. The zero-order valence-electron chi connectivity index (χ0n) is 6.93. The molecule has 0 saturated carbocycles. The Morgan fingerprint density at radius 2 is 2.55 bits per heavy atom. The molecule has 0 spiro atoms. The molecule has 3 nitrogen and oxygen atoms in total. The first-order valence-electron chi connectivity index (χ1n) is 4.24. The van der Waals surface area contributed by atoms with E-state index in [0.29, 0.717) is 6.61 Å². The van der Waals surface area contributed by atoms with Crippen LogP contribution in [0.25, 0.3) is 0 Å². The van der Waals surface area contributed by atoms with Crippen LogP contribution in [-0.4, -0.2) is 25.2 Å². The zero-order valence-corrected chi connectivity index (χ0v) is 6.93. The van der Waals surface area contributed by atoms with Gasteiger partial charge < -0.3 is 10.1 Å². The van der Waals surface area contributed by atoms with Crippen molar-refractivity contribution in [3.8, 4) is 0 Å². The molecule has 0 unspecified atom stereocenters. The summed E-state index contributed by atoms with van der Waals surface area (Å²) in [6.45, 7) is 3.45. The van der Waals surface area contributed by atoms with E-state index in [9.17, 15) is 4.79 Å². The molecule has 0 aromatic carbocycles. The standard InChI is InChI=1S/C8H15NO2/c1-2-3-4-7-8(10)11-6-5-9-7/h7,9H,2-6H2,1H3/t7-/m0/s1. The van der Waals surface area contributed by atoms with Crippen LogP contribution >= 0.6 is 0 Å². The number of carbonyl (C=O) groups excluding carboxylic acids is 1. The van der Waals surface area contributed by atoms with Crippen molar-refractivity contribution in [2.45, 2.75) is 32.2 Å². The summed E-state index contributed by atoms with van der Waals surface area (Å²) in [5, 5.41) is 3.13. The zero-order chi connectivity index (χ0) is 8.10. The highest BCUT2D eigenvalue weighted by molar-refractivity contribution is 5.76. The van der Waals surface area contributed by atoms with E-state index in [1.165, 1.54) is 0 Å². The quantitative estimate of drug-likeness (QED) is 0.612. The maximum absolute atomic E-state index is 11.0. The second kappa shape index (κ2) is 4.34. The molecule has 0 bridgehead atoms. The summed E-state index contributed by atoms with van der Waals surface area (Å²) in [5.41, 5.74) is 0. The van der Waals surface area contributed by atoms with Crippen LogP contribution in [0.1, 0.15) is 26.2 Å². The second-order valence-corrected chi connectivity index (χ2v) is 2.82. The molecule has 1 fully saturated rings. The van der Waals surface area contributed by atoms with E-state index in [1.54, 1.807) is 0 Å². The molecule has 1 aliphatic rings. The van der Waals surface area contributed by atoms with E-state index >= 15 is 0 Å². The lowest BCUT2D eigenvalue weighted by Crippen LogP contribution is -2.45. The summed E-state index contributed by atoms with van der Waals surface area (Å²) >= 11 is 0. The van der Waals surface area contributed by atoms with Gasteiger partial charge in [-0.05, 0) is 6.42 Å². The van der Waals surface area contributed by atoms with Gasteiger partial charge in [0.05, 0.1) is 0 Å². The van der Waals surface area contributed by atoms with Gasteiger partial charge in [0, 0.05) is 6.54 Å². The number of hydrogen-bond donors (Lipinski definition) is 1. The Bertz CT molecular complexity index is 136. The minimum atomic E-state index is -0.0790. The molecule has 1 rings (SSSR count). The minimum Gasteiger partial charge on any atom is -0.463 e. The smallest absolute Gasteiger partial charge is 0.323 e.